The highest BCUT2D eigenvalue weighted by Gasteiger charge is 2.17. The molecule has 1 aromatic carbocycles. The standard InChI is InChI=1S/C19H18N8O3S3/c1-2-31-19-26-24-17(33-19)22-15(29)10-32-18-25-23-13(27(18)12-6-4-3-5-7-12)8-11-9-14(28)21-16(30)20-11/h3-7,9H,2,8,10H2,1H3,(H,22,24,29)(H2,20,21,28,30). The molecule has 4 aromatic rings. The lowest BCUT2D eigenvalue weighted by molar-refractivity contribution is -0.113. The van der Waals surface area contributed by atoms with Gasteiger partial charge in [0.05, 0.1) is 5.75 Å². The van der Waals surface area contributed by atoms with E-state index in [-0.39, 0.29) is 18.1 Å². The number of carbonyl (C=O) groups excluding carboxylic acids is 1. The summed E-state index contributed by atoms with van der Waals surface area (Å²) in [6.07, 6.45) is 0.177. The molecule has 11 nitrogen and oxygen atoms in total. The summed E-state index contributed by atoms with van der Waals surface area (Å²) in [5, 5.41) is 20.2. The molecule has 0 saturated carbocycles. The van der Waals surface area contributed by atoms with Gasteiger partial charge in [-0.1, -0.05) is 60.0 Å². The third-order valence-electron chi connectivity index (χ3n) is 4.13. The topological polar surface area (TPSA) is 151 Å². The Morgan fingerprint density at radius 1 is 1.09 bits per heavy atom. The van der Waals surface area contributed by atoms with Gasteiger partial charge < -0.3 is 4.98 Å². The number of hydrogen-bond acceptors (Lipinski definition) is 10. The van der Waals surface area contributed by atoms with Crippen molar-refractivity contribution in [3.8, 4) is 5.69 Å². The largest absolute Gasteiger partial charge is 0.325 e. The minimum atomic E-state index is -0.591. The summed E-state index contributed by atoms with van der Waals surface area (Å²) < 4.78 is 2.59. The number of benzene rings is 1. The van der Waals surface area contributed by atoms with Gasteiger partial charge in [0.1, 0.15) is 5.82 Å². The highest BCUT2D eigenvalue weighted by Crippen LogP contribution is 2.26. The van der Waals surface area contributed by atoms with Gasteiger partial charge in [-0.15, -0.1) is 20.4 Å². The van der Waals surface area contributed by atoms with Crippen LogP contribution in [0.4, 0.5) is 5.13 Å². The van der Waals surface area contributed by atoms with Gasteiger partial charge in [-0.25, -0.2) is 4.79 Å². The van der Waals surface area contributed by atoms with E-state index in [1.54, 1.807) is 16.3 Å². The van der Waals surface area contributed by atoms with Gasteiger partial charge in [0.25, 0.3) is 5.56 Å². The second kappa shape index (κ2) is 10.6. The van der Waals surface area contributed by atoms with Crippen LogP contribution in [0, 0.1) is 0 Å². The second-order valence-corrected chi connectivity index (χ2v) is 9.93. The van der Waals surface area contributed by atoms with E-state index in [1.165, 1.54) is 29.2 Å². The van der Waals surface area contributed by atoms with Gasteiger partial charge >= 0.3 is 5.69 Å². The average molecular weight is 503 g/mol. The van der Waals surface area contributed by atoms with Crippen LogP contribution >= 0.6 is 34.9 Å². The van der Waals surface area contributed by atoms with E-state index in [4.69, 9.17) is 0 Å². The Kier molecular flexibility index (Phi) is 7.36. The summed E-state index contributed by atoms with van der Waals surface area (Å²) >= 11 is 4.10. The second-order valence-electron chi connectivity index (χ2n) is 6.50. The van der Waals surface area contributed by atoms with Crippen molar-refractivity contribution in [3.05, 3.63) is 68.8 Å². The zero-order valence-corrected chi connectivity index (χ0v) is 19.7. The molecule has 3 N–H and O–H groups in total. The number of aromatic nitrogens is 7. The lowest BCUT2D eigenvalue weighted by Crippen LogP contribution is -2.23. The Morgan fingerprint density at radius 3 is 2.67 bits per heavy atom. The van der Waals surface area contributed by atoms with E-state index in [2.05, 4.69) is 35.7 Å². The molecule has 0 aliphatic heterocycles. The molecule has 0 unspecified atom stereocenters. The first-order chi connectivity index (χ1) is 16.0. The van der Waals surface area contributed by atoms with Crippen LogP contribution < -0.4 is 16.6 Å². The summed E-state index contributed by atoms with van der Waals surface area (Å²) in [5.41, 5.74) is 0.104. The monoisotopic (exact) mass is 502 g/mol. The number of carbonyl (C=O) groups is 1. The molecular formula is C19H18N8O3S3. The van der Waals surface area contributed by atoms with Crippen LogP contribution in [0.5, 0.6) is 0 Å². The van der Waals surface area contributed by atoms with Crippen molar-refractivity contribution in [2.24, 2.45) is 0 Å². The molecule has 170 valence electrons. The van der Waals surface area contributed by atoms with Crippen molar-refractivity contribution in [3.63, 3.8) is 0 Å². The lowest BCUT2D eigenvalue weighted by atomic mass is 10.2. The fraction of sp³-hybridized carbons (Fsp3) is 0.211. The number of anilines is 1. The molecule has 0 aliphatic rings. The van der Waals surface area contributed by atoms with Crippen LogP contribution in [0.1, 0.15) is 18.4 Å². The van der Waals surface area contributed by atoms with Crippen LogP contribution in [0.25, 0.3) is 5.69 Å². The Bertz CT molecular complexity index is 1330. The predicted octanol–water partition coefficient (Wildman–Crippen LogP) is 1.93. The molecule has 4 rings (SSSR count). The van der Waals surface area contributed by atoms with Crippen molar-refractivity contribution in [2.75, 3.05) is 16.8 Å². The van der Waals surface area contributed by atoms with Gasteiger partial charge in [0, 0.05) is 23.9 Å². The van der Waals surface area contributed by atoms with Gasteiger partial charge in [-0.05, 0) is 17.9 Å². The third kappa shape index (κ3) is 5.97. The van der Waals surface area contributed by atoms with Crippen molar-refractivity contribution in [1.82, 2.24) is 34.9 Å². The molecule has 14 heteroatoms. The summed E-state index contributed by atoms with van der Waals surface area (Å²) in [6.45, 7) is 2.02. The SMILES string of the molecule is CCSc1nnc(NC(=O)CSc2nnc(Cc3cc(=O)[nH]c(=O)[nH]3)n2-c2ccccc2)s1. The average Bonchev–Trinajstić information content (AvgIpc) is 3.39. The smallest absolute Gasteiger partial charge is 0.311 e. The molecule has 0 fully saturated rings. The first-order valence-corrected chi connectivity index (χ1v) is 12.5. The third-order valence-corrected chi connectivity index (χ3v) is 6.92. The molecule has 0 aliphatic carbocycles. The number of para-hydroxylation sites is 1. The van der Waals surface area contributed by atoms with E-state index in [9.17, 15) is 14.4 Å². The molecule has 3 heterocycles. The zero-order chi connectivity index (χ0) is 23.2. The highest BCUT2D eigenvalue weighted by molar-refractivity contribution is 8.01. The van der Waals surface area contributed by atoms with E-state index in [0.29, 0.717) is 21.8 Å². The molecule has 0 spiro atoms. The normalized spacial score (nSPS) is 10.9. The zero-order valence-electron chi connectivity index (χ0n) is 17.3. The Morgan fingerprint density at radius 2 is 1.91 bits per heavy atom. The van der Waals surface area contributed by atoms with Crippen molar-refractivity contribution in [2.45, 2.75) is 22.8 Å². The van der Waals surface area contributed by atoms with Crippen molar-refractivity contribution < 1.29 is 4.79 Å². The Labute approximate surface area is 199 Å². The number of nitrogens with zero attached hydrogens (tertiary/aromatic N) is 5. The number of H-pyrrole nitrogens is 2. The molecule has 1 amide bonds. The van der Waals surface area contributed by atoms with Gasteiger partial charge in [0.2, 0.25) is 11.0 Å². The lowest BCUT2D eigenvalue weighted by Gasteiger charge is -2.10. The van der Waals surface area contributed by atoms with E-state index >= 15 is 0 Å². The fourth-order valence-electron chi connectivity index (χ4n) is 2.86. The van der Waals surface area contributed by atoms with Crippen LogP contribution in [0.3, 0.4) is 0 Å². The Balaban J connectivity index is 1.53. The van der Waals surface area contributed by atoms with Gasteiger partial charge in [-0.3, -0.25) is 24.5 Å². The molecule has 0 saturated heterocycles. The summed E-state index contributed by atoms with van der Waals surface area (Å²) in [7, 11) is 0. The molecule has 0 bridgehead atoms. The molecule has 3 aromatic heterocycles. The Hall–Kier alpha value is -3.23. The van der Waals surface area contributed by atoms with Gasteiger partial charge in [-0.2, -0.15) is 0 Å². The summed E-state index contributed by atoms with van der Waals surface area (Å²) in [4.78, 5) is 40.4. The molecule has 0 atom stereocenters. The van der Waals surface area contributed by atoms with Crippen molar-refractivity contribution in [1.29, 1.82) is 0 Å². The number of thioether (sulfide) groups is 2. The van der Waals surface area contributed by atoms with Crippen LogP contribution in [0.15, 0.2) is 55.5 Å². The number of rotatable bonds is 9. The van der Waals surface area contributed by atoms with E-state index < -0.39 is 11.2 Å². The summed E-state index contributed by atoms with van der Waals surface area (Å²) in [6, 6.07) is 10.7. The molecular weight excluding hydrogens is 484 g/mol. The van der Waals surface area contributed by atoms with Crippen LogP contribution in [-0.2, 0) is 11.2 Å². The number of amides is 1. The van der Waals surface area contributed by atoms with Crippen LogP contribution in [-0.4, -0.2) is 52.3 Å². The van der Waals surface area contributed by atoms with E-state index in [0.717, 1.165) is 15.8 Å². The molecule has 0 radical (unpaired) electrons. The maximum absolute atomic E-state index is 12.4. The van der Waals surface area contributed by atoms with Crippen LogP contribution in [0.2, 0.25) is 0 Å². The quantitative estimate of drug-likeness (QED) is 0.230. The first kappa shape index (κ1) is 22.9. The number of nitrogens with one attached hydrogen (secondary N) is 3. The van der Waals surface area contributed by atoms with Crippen molar-refractivity contribution >= 4 is 45.9 Å². The maximum Gasteiger partial charge on any atom is 0.325 e. The number of aromatic amines is 2. The van der Waals surface area contributed by atoms with Gasteiger partial charge in [0.15, 0.2) is 9.50 Å². The highest BCUT2D eigenvalue weighted by atomic mass is 32.2. The fourth-order valence-corrected chi connectivity index (χ4v) is 5.29. The predicted molar refractivity (Wildman–Crippen MR) is 128 cm³/mol. The van der Waals surface area contributed by atoms with E-state index in [1.807, 2.05) is 37.3 Å². The first-order valence-electron chi connectivity index (χ1n) is 9.73. The maximum atomic E-state index is 12.4. The number of hydrogen-bond donors (Lipinski definition) is 3. The summed E-state index contributed by atoms with van der Waals surface area (Å²) in [5.74, 6) is 1.23. The minimum absolute atomic E-state index is 0.0860. The molecule has 33 heavy (non-hydrogen) atoms. The minimum Gasteiger partial charge on any atom is -0.311 e.